The van der Waals surface area contributed by atoms with Crippen LogP contribution in [0.5, 0.6) is 0 Å². The Balaban J connectivity index is 1.47. The maximum atomic E-state index is 14.5. The fourth-order valence-corrected chi connectivity index (χ4v) is 4.32. The molecule has 10 heteroatoms. The third-order valence-corrected chi connectivity index (χ3v) is 6.84. The van der Waals surface area contributed by atoms with Gasteiger partial charge in [-0.15, -0.1) is 0 Å². The van der Waals surface area contributed by atoms with Crippen molar-refractivity contribution in [1.29, 1.82) is 0 Å². The van der Waals surface area contributed by atoms with Gasteiger partial charge in [-0.25, -0.2) is 14.4 Å². The zero-order valence-corrected chi connectivity index (χ0v) is 20.4. The highest BCUT2D eigenvalue weighted by Crippen LogP contribution is 2.42. The lowest BCUT2D eigenvalue weighted by atomic mass is 10.1. The van der Waals surface area contributed by atoms with Crippen LogP contribution >= 0.6 is 0 Å². The van der Waals surface area contributed by atoms with Crippen molar-refractivity contribution in [2.45, 2.75) is 45.6 Å². The zero-order valence-electron chi connectivity index (χ0n) is 20.4. The summed E-state index contributed by atoms with van der Waals surface area (Å²) in [6.07, 6.45) is 3.88. The number of hydrogen-bond donors (Lipinski definition) is 2. The smallest absolute Gasteiger partial charge is 0.230 e. The molecule has 9 nitrogen and oxygen atoms in total. The molecule has 1 aliphatic carbocycles. The summed E-state index contributed by atoms with van der Waals surface area (Å²) in [5.74, 6) is 2.44. The number of hydrogen-bond acceptors (Lipinski definition) is 8. The quantitative estimate of drug-likeness (QED) is 0.567. The van der Waals surface area contributed by atoms with Gasteiger partial charge in [-0.3, -0.25) is 4.68 Å². The highest BCUT2D eigenvalue weighted by atomic mass is 19.1. The molecule has 34 heavy (non-hydrogen) atoms. The van der Waals surface area contributed by atoms with E-state index in [4.69, 9.17) is 4.98 Å². The molecule has 1 aliphatic heterocycles. The van der Waals surface area contributed by atoms with E-state index in [0.29, 0.717) is 29.3 Å². The third-order valence-electron chi connectivity index (χ3n) is 6.84. The van der Waals surface area contributed by atoms with Gasteiger partial charge in [0.05, 0.1) is 17.6 Å². The van der Waals surface area contributed by atoms with Crippen LogP contribution in [0.1, 0.15) is 42.6 Å². The van der Waals surface area contributed by atoms with Gasteiger partial charge in [-0.05, 0) is 58.2 Å². The van der Waals surface area contributed by atoms with Crippen LogP contribution in [0.15, 0.2) is 18.3 Å². The normalized spacial score (nSPS) is 18.9. The maximum absolute atomic E-state index is 14.5. The molecule has 2 fully saturated rings. The number of nitrogens with zero attached hydrogens (tertiary/aromatic N) is 7. The van der Waals surface area contributed by atoms with Crippen molar-refractivity contribution in [3.63, 3.8) is 0 Å². The standard InChI is InChI=1S/C24H32FN9/c1-14-10-21(31-33(14)5)28-23-19(34-9-8-32(4)15(2)13-34)12-26-24(30-23)29-20-11-18(17-6-7-17)22(25)16(3)27-20/h10-12,15,17H,6-9,13H2,1-5H3,(H2,26,27,28,29,30,31). The highest BCUT2D eigenvalue weighted by Gasteiger charge is 2.28. The molecular formula is C24H32FN9. The first kappa shape index (κ1) is 22.5. The SMILES string of the molecule is Cc1nc(Nc2ncc(N3CCN(C)C(C)C3)c(Nc3cc(C)n(C)n3)n2)cc(C2CC2)c1F. The highest BCUT2D eigenvalue weighted by molar-refractivity contribution is 5.72. The minimum absolute atomic E-state index is 0.207. The number of likely N-dealkylation sites (N-methyl/N-ethyl adjacent to an activating group) is 1. The summed E-state index contributed by atoms with van der Waals surface area (Å²) in [5, 5.41) is 11.1. The Morgan fingerprint density at radius 2 is 1.82 bits per heavy atom. The van der Waals surface area contributed by atoms with Gasteiger partial charge in [0.15, 0.2) is 11.6 Å². The van der Waals surface area contributed by atoms with Gasteiger partial charge in [-0.1, -0.05) is 0 Å². The Morgan fingerprint density at radius 3 is 2.50 bits per heavy atom. The molecular weight excluding hydrogens is 433 g/mol. The minimum atomic E-state index is -0.207. The van der Waals surface area contributed by atoms with Crippen molar-refractivity contribution in [2.75, 3.05) is 42.2 Å². The van der Waals surface area contributed by atoms with Crippen LogP contribution in [0.25, 0.3) is 0 Å². The Bertz CT molecular complexity index is 1180. The van der Waals surface area contributed by atoms with E-state index in [2.05, 4.69) is 49.5 Å². The average Bonchev–Trinajstić information content (AvgIpc) is 3.58. The van der Waals surface area contributed by atoms with Crippen LogP contribution in [-0.4, -0.2) is 62.4 Å². The van der Waals surface area contributed by atoms with Crippen LogP contribution in [0.2, 0.25) is 0 Å². The lowest BCUT2D eigenvalue weighted by molar-refractivity contribution is 0.234. The van der Waals surface area contributed by atoms with Crippen LogP contribution < -0.4 is 15.5 Å². The van der Waals surface area contributed by atoms with Crippen molar-refractivity contribution in [2.24, 2.45) is 7.05 Å². The molecule has 1 saturated carbocycles. The molecule has 0 radical (unpaired) electrons. The Kier molecular flexibility index (Phi) is 5.85. The number of pyridine rings is 1. The topological polar surface area (TPSA) is 87.0 Å². The summed E-state index contributed by atoms with van der Waals surface area (Å²) in [4.78, 5) is 18.4. The molecule has 2 aliphatic rings. The molecule has 5 rings (SSSR count). The molecule has 1 saturated heterocycles. The molecule has 0 bridgehead atoms. The summed E-state index contributed by atoms with van der Waals surface area (Å²) < 4.78 is 16.3. The van der Waals surface area contributed by atoms with Crippen LogP contribution in [-0.2, 0) is 7.05 Å². The fraction of sp³-hybridized carbons (Fsp3) is 0.500. The second kappa shape index (κ2) is 8.83. The van der Waals surface area contributed by atoms with Crippen molar-refractivity contribution >= 4 is 29.1 Å². The molecule has 0 aromatic carbocycles. The van der Waals surface area contributed by atoms with Gasteiger partial charge in [0.25, 0.3) is 0 Å². The summed E-state index contributed by atoms with van der Waals surface area (Å²) in [6, 6.07) is 4.19. The van der Waals surface area contributed by atoms with Gasteiger partial charge in [-0.2, -0.15) is 10.1 Å². The maximum Gasteiger partial charge on any atom is 0.230 e. The van der Waals surface area contributed by atoms with E-state index in [1.807, 2.05) is 30.9 Å². The van der Waals surface area contributed by atoms with Gasteiger partial charge in [0.2, 0.25) is 5.95 Å². The molecule has 2 N–H and O–H groups in total. The Labute approximate surface area is 199 Å². The van der Waals surface area contributed by atoms with E-state index in [1.165, 1.54) is 0 Å². The van der Waals surface area contributed by atoms with E-state index in [1.54, 1.807) is 13.0 Å². The van der Waals surface area contributed by atoms with Crippen LogP contribution in [0, 0.1) is 19.7 Å². The lowest BCUT2D eigenvalue weighted by Crippen LogP contribution is -2.50. The Morgan fingerprint density at radius 1 is 1.03 bits per heavy atom. The van der Waals surface area contributed by atoms with Crippen molar-refractivity contribution in [1.82, 2.24) is 29.6 Å². The van der Waals surface area contributed by atoms with E-state index in [-0.39, 0.29) is 11.7 Å². The first-order chi connectivity index (χ1) is 16.3. The average molecular weight is 466 g/mol. The second-order valence-corrected chi connectivity index (χ2v) is 9.52. The third kappa shape index (κ3) is 4.54. The monoisotopic (exact) mass is 465 g/mol. The predicted molar refractivity (Wildman–Crippen MR) is 132 cm³/mol. The van der Waals surface area contributed by atoms with Gasteiger partial charge < -0.3 is 20.4 Å². The Hall–Kier alpha value is -3.27. The number of aromatic nitrogens is 5. The predicted octanol–water partition coefficient (Wildman–Crippen LogP) is 3.87. The van der Waals surface area contributed by atoms with E-state index in [0.717, 1.165) is 55.2 Å². The molecule has 1 unspecified atom stereocenters. The molecule has 0 spiro atoms. The van der Waals surface area contributed by atoms with Gasteiger partial charge >= 0.3 is 0 Å². The summed E-state index contributed by atoms with van der Waals surface area (Å²) in [5.41, 5.74) is 3.08. The lowest BCUT2D eigenvalue weighted by Gasteiger charge is -2.39. The first-order valence-electron chi connectivity index (χ1n) is 11.8. The second-order valence-electron chi connectivity index (χ2n) is 9.52. The minimum Gasteiger partial charge on any atom is -0.364 e. The van der Waals surface area contributed by atoms with Crippen molar-refractivity contribution in [3.05, 3.63) is 41.1 Å². The summed E-state index contributed by atoms with van der Waals surface area (Å²) >= 11 is 0. The summed E-state index contributed by atoms with van der Waals surface area (Å²) in [7, 11) is 4.06. The number of aryl methyl sites for hydroxylation is 3. The largest absolute Gasteiger partial charge is 0.364 e. The van der Waals surface area contributed by atoms with Crippen molar-refractivity contribution < 1.29 is 4.39 Å². The van der Waals surface area contributed by atoms with E-state index in [9.17, 15) is 4.39 Å². The molecule has 3 aromatic rings. The molecule has 0 amide bonds. The summed E-state index contributed by atoms with van der Waals surface area (Å²) in [6.45, 7) is 8.65. The molecule has 4 heterocycles. The van der Waals surface area contributed by atoms with Crippen molar-refractivity contribution in [3.8, 4) is 0 Å². The van der Waals surface area contributed by atoms with Gasteiger partial charge in [0.1, 0.15) is 11.6 Å². The van der Waals surface area contributed by atoms with Gasteiger partial charge in [0, 0.05) is 44.5 Å². The fourth-order valence-electron chi connectivity index (χ4n) is 4.32. The number of rotatable bonds is 6. The molecule has 3 aromatic heterocycles. The van der Waals surface area contributed by atoms with E-state index >= 15 is 0 Å². The number of nitrogens with one attached hydrogen (secondary N) is 2. The number of halogens is 1. The van der Waals surface area contributed by atoms with Crippen LogP contribution in [0.3, 0.4) is 0 Å². The first-order valence-corrected chi connectivity index (χ1v) is 11.8. The zero-order chi connectivity index (χ0) is 24.0. The molecule has 180 valence electrons. The molecule has 1 atom stereocenters. The number of anilines is 5. The number of piperazine rings is 1. The van der Waals surface area contributed by atoms with E-state index < -0.39 is 0 Å². The van der Waals surface area contributed by atoms with Crippen LogP contribution in [0.4, 0.5) is 33.5 Å².